The number of anilines is 1. The molecular weight excluding hydrogens is 434 g/mol. The van der Waals surface area contributed by atoms with Crippen LogP contribution >= 0.6 is 0 Å². The first-order chi connectivity index (χ1) is 16.6. The molecule has 0 fully saturated rings. The second kappa shape index (κ2) is 9.99. The van der Waals surface area contributed by atoms with Crippen LogP contribution in [0.5, 0.6) is 23.0 Å². The summed E-state index contributed by atoms with van der Waals surface area (Å²) in [5.41, 5.74) is 2.99. The molecule has 34 heavy (non-hydrogen) atoms. The van der Waals surface area contributed by atoms with Gasteiger partial charge in [-0.1, -0.05) is 30.3 Å². The fourth-order valence-corrected chi connectivity index (χ4v) is 3.59. The molecule has 8 nitrogen and oxygen atoms in total. The number of methoxy groups -OCH3 is 4. The third-order valence-corrected chi connectivity index (χ3v) is 5.25. The number of ether oxygens (including phenoxy) is 4. The second-order valence-corrected chi connectivity index (χ2v) is 7.27. The van der Waals surface area contributed by atoms with Crippen LogP contribution in [0.4, 0.5) is 5.69 Å². The monoisotopic (exact) mass is 459 g/mol. The van der Waals surface area contributed by atoms with Gasteiger partial charge in [0.1, 0.15) is 11.4 Å². The van der Waals surface area contributed by atoms with E-state index in [2.05, 4.69) is 5.32 Å². The standard InChI is InChI=1S/C26H25N3O5/c1-31-20-12-8-9-17(13-20)24-21(16-29(28-24)19-10-6-5-7-11-19)26(30)27-18-14-22(32-2)25(34-4)23(15-18)33-3/h5-16H,1-4H3,(H,27,30). The highest BCUT2D eigenvalue weighted by Gasteiger charge is 2.21. The number of hydrogen-bond donors (Lipinski definition) is 1. The molecule has 8 heteroatoms. The van der Waals surface area contributed by atoms with Crippen molar-refractivity contribution in [3.05, 3.63) is 78.5 Å². The summed E-state index contributed by atoms with van der Waals surface area (Å²) in [6.07, 6.45) is 1.71. The topological polar surface area (TPSA) is 83.8 Å². The summed E-state index contributed by atoms with van der Waals surface area (Å²) in [7, 11) is 6.16. The van der Waals surface area contributed by atoms with Crippen molar-refractivity contribution in [2.45, 2.75) is 0 Å². The molecule has 0 bridgehead atoms. The van der Waals surface area contributed by atoms with Gasteiger partial charge in [0, 0.05) is 29.6 Å². The Morgan fingerprint density at radius 1 is 0.824 bits per heavy atom. The number of carbonyl (C=O) groups excluding carboxylic acids is 1. The number of benzene rings is 3. The maximum Gasteiger partial charge on any atom is 0.259 e. The smallest absolute Gasteiger partial charge is 0.259 e. The quantitative estimate of drug-likeness (QED) is 0.407. The highest BCUT2D eigenvalue weighted by Crippen LogP contribution is 2.40. The zero-order valence-corrected chi connectivity index (χ0v) is 19.4. The SMILES string of the molecule is COc1cccc(-c2nn(-c3ccccc3)cc2C(=O)Nc2cc(OC)c(OC)c(OC)c2)c1. The lowest BCUT2D eigenvalue weighted by atomic mass is 10.1. The number of rotatable bonds is 8. The highest BCUT2D eigenvalue weighted by molar-refractivity contribution is 6.08. The van der Waals surface area contributed by atoms with E-state index in [0.29, 0.717) is 39.9 Å². The zero-order valence-electron chi connectivity index (χ0n) is 19.4. The Morgan fingerprint density at radius 2 is 1.53 bits per heavy atom. The summed E-state index contributed by atoms with van der Waals surface area (Å²) in [5.74, 6) is 1.64. The van der Waals surface area contributed by atoms with Crippen LogP contribution in [-0.2, 0) is 0 Å². The predicted octanol–water partition coefficient (Wildman–Crippen LogP) is 4.83. The van der Waals surface area contributed by atoms with E-state index in [0.717, 1.165) is 11.3 Å². The van der Waals surface area contributed by atoms with E-state index in [1.54, 1.807) is 30.1 Å². The van der Waals surface area contributed by atoms with E-state index in [1.165, 1.54) is 21.3 Å². The summed E-state index contributed by atoms with van der Waals surface area (Å²) in [6, 6.07) is 20.4. The number of para-hydroxylation sites is 1. The Bertz CT molecular complexity index is 1280. The molecule has 0 saturated carbocycles. The first-order valence-electron chi connectivity index (χ1n) is 10.5. The van der Waals surface area contributed by atoms with E-state index >= 15 is 0 Å². The first kappa shape index (κ1) is 22.7. The predicted molar refractivity (Wildman–Crippen MR) is 130 cm³/mol. The summed E-state index contributed by atoms with van der Waals surface area (Å²) in [6.45, 7) is 0. The Labute approximate surface area is 197 Å². The molecule has 0 radical (unpaired) electrons. The van der Waals surface area contributed by atoms with E-state index < -0.39 is 0 Å². The molecule has 0 unspecified atom stereocenters. The van der Waals surface area contributed by atoms with E-state index in [-0.39, 0.29) is 5.91 Å². The number of nitrogens with zero attached hydrogens (tertiary/aromatic N) is 2. The highest BCUT2D eigenvalue weighted by atomic mass is 16.5. The summed E-state index contributed by atoms with van der Waals surface area (Å²) >= 11 is 0. The molecule has 1 aromatic heterocycles. The molecule has 0 saturated heterocycles. The number of hydrogen-bond acceptors (Lipinski definition) is 6. The molecule has 3 aromatic carbocycles. The fourth-order valence-electron chi connectivity index (χ4n) is 3.59. The molecule has 0 spiro atoms. The molecule has 0 atom stereocenters. The van der Waals surface area contributed by atoms with Crippen molar-refractivity contribution in [2.75, 3.05) is 33.8 Å². The third kappa shape index (κ3) is 4.52. The van der Waals surface area contributed by atoms with Gasteiger partial charge in [-0.05, 0) is 24.3 Å². The van der Waals surface area contributed by atoms with Crippen molar-refractivity contribution in [3.8, 4) is 39.9 Å². The molecule has 0 aliphatic heterocycles. The third-order valence-electron chi connectivity index (χ3n) is 5.25. The normalized spacial score (nSPS) is 10.5. The maximum atomic E-state index is 13.5. The number of aromatic nitrogens is 2. The van der Waals surface area contributed by atoms with Gasteiger partial charge in [-0.3, -0.25) is 4.79 Å². The minimum Gasteiger partial charge on any atom is -0.497 e. The van der Waals surface area contributed by atoms with Crippen LogP contribution in [-0.4, -0.2) is 44.1 Å². The lowest BCUT2D eigenvalue weighted by Gasteiger charge is -2.14. The van der Waals surface area contributed by atoms with Crippen LogP contribution in [0.1, 0.15) is 10.4 Å². The van der Waals surface area contributed by atoms with Crippen molar-refractivity contribution in [3.63, 3.8) is 0 Å². The molecule has 174 valence electrons. The summed E-state index contributed by atoms with van der Waals surface area (Å²) < 4.78 is 23.2. The minimum absolute atomic E-state index is 0.339. The largest absolute Gasteiger partial charge is 0.497 e. The van der Waals surface area contributed by atoms with Crippen LogP contribution in [0.2, 0.25) is 0 Å². The maximum absolute atomic E-state index is 13.5. The van der Waals surface area contributed by atoms with Crippen molar-refractivity contribution < 1.29 is 23.7 Å². The summed E-state index contributed by atoms with van der Waals surface area (Å²) in [5, 5.41) is 7.64. The Kier molecular flexibility index (Phi) is 6.68. The van der Waals surface area contributed by atoms with Crippen LogP contribution in [0.15, 0.2) is 72.9 Å². The van der Waals surface area contributed by atoms with Gasteiger partial charge in [0.25, 0.3) is 5.91 Å². The molecule has 0 aliphatic rings. The Hall–Kier alpha value is -4.46. The lowest BCUT2D eigenvalue weighted by molar-refractivity contribution is 0.102. The first-order valence-corrected chi connectivity index (χ1v) is 10.5. The second-order valence-electron chi connectivity index (χ2n) is 7.27. The van der Waals surface area contributed by atoms with Crippen molar-refractivity contribution in [1.29, 1.82) is 0 Å². The van der Waals surface area contributed by atoms with Crippen molar-refractivity contribution in [1.82, 2.24) is 9.78 Å². The van der Waals surface area contributed by atoms with Crippen LogP contribution in [0, 0.1) is 0 Å². The van der Waals surface area contributed by atoms with Gasteiger partial charge in [0.2, 0.25) is 5.75 Å². The van der Waals surface area contributed by atoms with Gasteiger partial charge >= 0.3 is 0 Å². The van der Waals surface area contributed by atoms with E-state index in [4.69, 9.17) is 24.0 Å². The van der Waals surface area contributed by atoms with Crippen LogP contribution in [0.25, 0.3) is 16.9 Å². The van der Waals surface area contributed by atoms with Gasteiger partial charge in [-0.2, -0.15) is 5.10 Å². The van der Waals surface area contributed by atoms with E-state index in [9.17, 15) is 4.79 Å². The van der Waals surface area contributed by atoms with Gasteiger partial charge in [0.15, 0.2) is 11.5 Å². The molecule has 0 aliphatic carbocycles. The molecule has 1 heterocycles. The van der Waals surface area contributed by atoms with Crippen molar-refractivity contribution >= 4 is 11.6 Å². The Morgan fingerprint density at radius 3 is 2.15 bits per heavy atom. The molecule has 4 aromatic rings. The minimum atomic E-state index is -0.339. The van der Waals surface area contributed by atoms with Gasteiger partial charge in [0.05, 0.1) is 39.7 Å². The lowest BCUT2D eigenvalue weighted by Crippen LogP contribution is -2.12. The van der Waals surface area contributed by atoms with Crippen molar-refractivity contribution in [2.24, 2.45) is 0 Å². The summed E-state index contributed by atoms with van der Waals surface area (Å²) in [4.78, 5) is 13.5. The van der Waals surface area contributed by atoms with Crippen LogP contribution in [0.3, 0.4) is 0 Å². The number of carbonyl (C=O) groups is 1. The average Bonchev–Trinajstić information content (AvgIpc) is 3.34. The van der Waals surface area contributed by atoms with E-state index in [1.807, 2.05) is 54.6 Å². The molecular formula is C26H25N3O5. The molecule has 4 rings (SSSR count). The number of amides is 1. The fraction of sp³-hybridized carbons (Fsp3) is 0.154. The zero-order chi connectivity index (χ0) is 24.1. The molecule has 1 amide bonds. The molecule has 1 N–H and O–H groups in total. The van der Waals surface area contributed by atoms with Gasteiger partial charge in [-0.15, -0.1) is 0 Å². The van der Waals surface area contributed by atoms with Gasteiger partial charge in [-0.25, -0.2) is 4.68 Å². The number of nitrogens with one attached hydrogen (secondary N) is 1. The van der Waals surface area contributed by atoms with Gasteiger partial charge < -0.3 is 24.3 Å². The van der Waals surface area contributed by atoms with Crippen LogP contribution < -0.4 is 24.3 Å². The average molecular weight is 460 g/mol. The Balaban J connectivity index is 1.77.